The molecule has 2 aliphatic rings. The van der Waals surface area contributed by atoms with Gasteiger partial charge < -0.3 is 15.8 Å². The zero-order chi connectivity index (χ0) is 16.4. The average Bonchev–Trinajstić information content (AvgIpc) is 2.48. The minimum Gasteiger partial charge on any atom is -0.487 e. The average molecular weight is 316 g/mol. The molecule has 1 fully saturated rings. The summed E-state index contributed by atoms with van der Waals surface area (Å²) in [5, 5.41) is 3.23. The van der Waals surface area contributed by atoms with Crippen LogP contribution in [0, 0.1) is 5.92 Å². The molecule has 4 heteroatoms. The van der Waals surface area contributed by atoms with Crippen LogP contribution in [0.3, 0.4) is 0 Å². The van der Waals surface area contributed by atoms with Gasteiger partial charge in [-0.1, -0.05) is 19.3 Å². The van der Waals surface area contributed by atoms with Gasteiger partial charge in [0.25, 0.3) is 0 Å². The van der Waals surface area contributed by atoms with Gasteiger partial charge in [0.15, 0.2) is 0 Å². The van der Waals surface area contributed by atoms with Gasteiger partial charge in [0.1, 0.15) is 11.4 Å². The molecule has 1 saturated carbocycles. The van der Waals surface area contributed by atoms with Gasteiger partial charge in [0.05, 0.1) is 6.04 Å². The topological polar surface area (TPSA) is 64.4 Å². The Bertz CT molecular complexity index is 577. The largest absolute Gasteiger partial charge is 0.487 e. The lowest BCUT2D eigenvalue weighted by Crippen LogP contribution is -2.41. The number of carbonyl (C=O) groups excluding carboxylic acids is 1. The van der Waals surface area contributed by atoms with Crippen LogP contribution in [0.2, 0.25) is 0 Å². The molecule has 3 N–H and O–H groups in total. The minimum absolute atomic E-state index is 0.0201. The van der Waals surface area contributed by atoms with E-state index >= 15 is 0 Å². The SMILES string of the molecule is CC1(C)CC(NC(=O)CC2CCCCC2)c2cc(N)ccc2O1. The lowest BCUT2D eigenvalue weighted by atomic mass is 9.86. The Morgan fingerprint density at radius 2 is 2.04 bits per heavy atom. The molecule has 1 aliphatic carbocycles. The van der Waals surface area contributed by atoms with Gasteiger partial charge in [-0.25, -0.2) is 0 Å². The molecule has 1 heterocycles. The summed E-state index contributed by atoms with van der Waals surface area (Å²) in [7, 11) is 0. The summed E-state index contributed by atoms with van der Waals surface area (Å²) >= 11 is 0. The predicted octanol–water partition coefficient (Wildman–Crippen LogP) is 3.96. The Morgan fingerprint density at radius 3 is 2.78 bits per heavy atom. The van der Waals surface area contributed by atoms with Crippen LogP contribution < -0.4 is 15.8 Å². The molecule has 1 amide bonds. The van der Waals surface area contributed by atoms with E-state index in [1.165, 1.54) is 32.1 Å². The van der Waals surface area contributed by atoms with E-state index < -0.39 is 0 Å². The maximum atomic E-state index is 12.5. The van der Waals surface area contributed by atoms with E-state index in [-0.39, 0.29) is 17.6 Å². The van der Waals surface area contributed by atoms with Crippen LogP contribution in [0.25, 0.3) is 0 Å². The van der Waals surface area contributed by atoms with E-state index in [4.69, 9.17) is 10.5 Å². The molecular weight excluding hydrogens is 288 g/mol. The van der Waals surface area contributed by atoms with Crippen molar-refractivity contribution in [3.05, 3.63) is 23.8 Å². The highest BCUT2D eigenvalue weighted by atomic mass is 16.5. The zero-order valence-corrected chi connectivity index (χ0v) is 14.2. The third-order valence-corrected chi connectivity index (χ3v) is 5.03. The molecule has 3 rings (SSSR count). The summed E-state index contributed by atoms with van der Waals surface area (Å²) in [6, 6.07) is 5.66. The van der Waals surface area contributed by atoms with Crippen molar-refractivity contribution < 1.29 is 9.53 Å². The Morgan fingerprint density at radius 1 is 1.30 bits per heavy atom. The predicted molar refractivity (Wildman–Crippen MR) is 92.3 cm³/mol. The van der Waals surface area contributed by atoms with Crippen LogP contribution in [-0.4, -0.2) is 11.5 Å². The van der Waals surface area contributed by atoms with Crippen LogP contribution in [0.5, 0.6) is 5.75 Å². The lowest BCUT2D eigenvalue weighted by Gasteiger charge is -2.38. The molecule has 0 saturated heterocycles. The van der Waals surface area contributed by atoms with Gasteiger partial charge in [-0.2, -0.15) is 0 Å². The highest BCUT2D eigenvalue weighted by Gasteiger charge is 2.34. The first-order valence-corrected chi connectivity index (χ1v) is 8.81. The van der Waals surface area contributed by atoms with E-state index in [9.17, 15) is 4.79 Å². The second-order valence-corrected chi connectivity index (χ2v) is 7.69. The second kappa shape index (κ2) is 6.42. The lowest BCUT2D eigenvalue weighted by molar-refractivity contribution is -0.123. The van der Waals surface area contributed by atoms with Crippen molar-refractivity contribution in [1.29, 1.82) is 0 Å². The van der Waals surface area contributed by atoms with Crippen molar-refractivity contribution in [3.8, 4) is 5.75 Å². The Hall–Kier alpha value is -1.71. The molecule has 1 aromatic rings. The molecular formula is C19H28N2O2. The molecule has 1 aliphatic heterocycles. The number of rotatable bonds is 3. The van der Waals surface area contributed by atoms with Crippen LogP contribution in [0.15, 0.2) is 18.2 Å². The van der Waals surface area contributed by atoms with Crippen molar-refractivity contribution in [2.24, 2.45) is 5.92 Å². The molecule has 0 radical (unpaired) electrons. The fourth-order valence-corrected chi connectivity index (χ4v) is 3.91. The summed E-state index contributed by atoms with van der Waals surface area (Å²) in [5.41, 5.74) is 7.35. The van der Waals surface area contributed by atoms with E-state index in [2.05, 4.69) is 19.2 Å². The summed E-state index contributed by atoms with van der Waals surface area (Å²) in [6.45, 7) is 4.12. The maximum absolute atomic E-state index is 12.5. The molecule has 23 heavy (non-hydrogen) atoms. The fourth-order valence-electron chi connectivity index (χ4n) is 3.91. The first-order valence-electron chi connectivity index (χ1n) is 8.81. The van der Waals surface area contributed by atoms with Crippen molar-refractivity contribution in [3.63, 3.8) is 0 Å². The summed E-state index contributed by atoms with van der Waals surface area (Å²) in [6.07, 6.45) is 7.64. The van der Waals surface area contributed by atoms with E-state index in [0.29, 0.717) is 18.0 Å². The van der Waals surface area contributed by atoms with Crippen molar-refractivity contribution in [1.82, 2.24) is 5.32 Å². The number of amides is 1. The van der Waals surface area contributed by atoms with Gasteiger partial charge in [0.2, 0.25) is 5.91 Å². The van der Waals surface area contributed by atoms with Crippen LogP contribution >= 0.6 is 0 Å². The quantitative estimate of drug-likeness (QED) is 0.830. The van der Waals surface area contributed by atoms with Gasteiger partial charge in [-0.3, -0.25) is 4.79 Å². The molecule has 126 valence electrons. The van der Waals surface area contributed by atoms with E-state index in [1.54, 1.807) is 0 Å². The molecule has 0 spiro atoms. The molecule has 1 atom stereocenters. The monoisotopic (exact) mass is 316 g/mol. The number of hydrogen-bond donors (Lipinski definition) is 2. The number of nitrogens with two attached hydrogens (primary N) is 1. The summed E-state index contributed by atoms with van der Waals surface area (Å²) in [4.78, 5) is 12.5. The fraction of sp³-hybridized carbons (Fsp3) is 0.632. The number of fused-ring (bicyclic) bond motifs is 1. The molecule has 1 aromatic carbocycles. The van der Waals surface area contributed by atoms with Gasteiger partial charge >= 0.3 is 0 Å². The van der Waals surface area contributed by atoms with E-state index in [1.807, 2.05) is 18.2 Å². The number of benzene rings is 1. The third-order valence-electron chi connectivity index (χ3n) is 5.03. The smallest absolute Gasteiger partial charge is 0.220 e. The summed E-state index contributed by atoms with van der Waals surface area (Å²) < 4.78 is 6.03. The van der Waals surface area contributed by atoms with Crippen LogP contribution in [0.1, 0.15) is 70.4 Å². The normalized spacial score (nSPS) is 23.7. The van der Waals surface area contributed by atoms with Gasteiger partial charge in [-0.05, 0) is 50.8 Å². The van der Waals surface area contributed by atoms with Crippen LogP contribution in [-0.2, 0) is 4.79 Å². The Labute approximate surface area is 138 Å². The number of anilines is 1. The number of carbonyl (C=O) groups is 1. The van der Waals surface area contributed by atoms with Gasteiger partial charge in [-0.15, -0.1) is 0 Å². The van der Waals surface area contributed by atoms with Gasteiger partial charge in [0, 0.05) is 24.1 Å². The van der Waals surface area contributed by atoms with E-state index in [0.717, 1.165) is 17.7 Å². The minimum atomic E-state index is -0.286. The van der Waals surface area contributed by atoms with Crippen molar-refractivity contribution >= 4 is 11.6 Å². The molecule has 1 unspecified atom stereocenters. The zero-order valence-electron chi connectivity index (χ0n) is 14.2. The third kappa shape index (κ3) is 3.98. The summed E-state index contributed by atoms with van der Waals surface area (Å²) in [5.74, 6) is 1.54. The number of nitrogen functional groups attached to an aromatic ring is 1. The second-order valence-electron chi connectivity index (χ2n) is 7.69. The number of nitrogens with one attached hydrogen (secondary N) is 1. The molecule has 0 bridgehead atoms. The Balaban J connectivity index is 1.71. The highest BCUT2D eigenvalue weighted by molar-refractivity contribution is 5.77. The maximum Gasteiger partial charge on any atom is 0.220 e. The Kier molecular flexibility index (Phi) is 4.51. The number of ether oxygens (including phenoxy) is 1. The first kappa shape index (κ1) is 16.2. The van der Waals surface area contributed by atoms with Crippen LogP contribution in [0.4, 0.5) is 5.69 Å². The molecule has 0 aromatic heterocycles. The van der Waals surface area contributed by atoms with Crippen molar-refractivity contribution in [2.75, 3.05) is 5.73 Å². The first-order chi connectivity index (χ1) is 10.9. The van der Waals surface area contributed by atoms with Crippen molar-refractivity contribution in [2.45, 2.75) is 70.4 Å². The number of hydrogen-bond acceptors (Lipinski definition) is 3. The standard InChI is InChI=1S/C19H28N2O2/c1-19(2)12-16(15-11-14(20)8-9-17(15)23-19)21-18(22)10-13-6-4-3-5-7-13/h8-9,11,13,16H,3-7,10,12,20H2,1-2H3,(H,21,22). The highest BCUT2D eigenvalue weighted by Crippen LogP contribution is 2.40. The molecule has 4 nitrogen and oxygen atoms in total.